The van der Waals surface area contributed by atoms with Crippen LogP contribution in [0, 0.1) is 0 Å². The quantitative estimate of drug-likeness (QED) is 0.874. The first-order valence-corrected chi connectivity index (χ1v) is 7.14. The van der Waals surface area contributed by atoms with Gasteiger partial charge in [-0.2, -0.15) is 0 Å². The summed E-state index contributed by atoms with van der Waals surface area (Å²) in [5.74, 6) is 0.909. The zero-order chi connectivity index (χ0) is 15.0. The second kappa shape index (κ2) is 5.29. The maximum absolute atomic E-state index is 12.7. The zero-order valence-electron chi connectivity index (χ0n) is 12.2. The van der Waals surface area contributed by atoms with E-state index in [0.717, 1.165) is 17.7 Å². The predicted octanol–water partition coefficient (Wildman–Crippen LogP) is 1.46. The molecule has 1 atom stereocenters. The molecule has 0 aliphatic carbocycles. The van der Waals surface area contributed by atoms with Gasteiger partial charge in [0.05, 0.1) is 0 Å². The molecule has 6 nitrogen and oxygen atoms in total. The van der Waals surface area contributed by atoms with E-state index in [-0.39, 0.29) is 23.7 Å². The minimum absolute atomic E-state index is 0.0626. The third kappa shape index (κ3) is 2.54. The molecule has 1 amide bonds. The van der Waals surface area contributed by atoms with E-state index in [2.05, 4.69) is 15.2 Å². The number of rotatable bonds is 2. The summed E-state index contributed by atoms with van der Waals surface area (Å²) in [6.45, 7) is 4.49. The number of amides is 1. The van der Waals surface area contributed by atoms with E-state index in [0.29, 0.717) is 12.4 Å². The first-order valence-electron chi connectivity index (χ1n) is 7.14. The van der Waals surface area contributed by atoms with Crippen molar-refractivity contribution >= 4 is 11.6 Å². The first-order chi connectivity index (χ1) is 10.1. The number of aromatic amines is 1. The fourth-order valence-electron chi connectivity index (χ4n) is 2.57. The van der Waals surface area contributed by atoms with Gasteiger partial charge in [0, 0.05) is 24.2 Å². The van der Waals surface area contributed by atoms with Crippen molar-refractivity contribution < 1.29 is 4.79 Å². The van der Waals surface area contributed by atoms with Gasteiger partial charge in [0.25, 0.3) is 5.91 Å². The van der Waals surface area contributed by atoms with Crippen molar-refractivity contribution in [1.29, 1.82) is 0 Å². The van der Waals surface area contributed by atoms with Crippen molar-refractivity contribution in [3.05, 3.63) is 41.5 Å². The average molecular weight is 285 g/mol. The van der Waals surface area contributed by atoms with Crippen molar-refractivity contribution in [2.45, 2.75) is 32.2 Å². The van der Waals surface area contributed by atoms with Crippen LogP contribution in [0.15, 0.2) is 24.3 Å². The second-order valence-electron chi connectivity index (χ2n) is 5.71. The highest BCUT2D eigenvalue weighted by atomic mass is 16.2. The number of aromatic nitrogens is 3. The van der Waals surface area contributed by atoms with E-state index in [1.807, 2.05) is 38.1 Å². The highest BCUT2D eigenvalue weighted by molar-refractivity contribution is 6.04. The van der Waals surface area contributed by atoms with Crippen LogP contribution in [-0.2, 0) is 6.42 Å². The Labute approximate surface area is 123 Å². The zero-order valence-corrected chi connectivity index (χ0v) is 12.2. The van der Waals surface area contributed by atoms with E-state index < -0.39 is 0 Å². The van der Waals surface area contributed by atoms with Gasteiger partial charge in [0.15, 0.2) is 0 Å². The minimum atomic E-state index is -0.208. The van der Waals surface area contributed by atoms with Crippen LogP contribution < -0.4 is 10.6 Å². The number of nitrogens with zero attached hydrogens (tertiary/aromatic N) is 3. The highest BCUT2D eigenvalue weighted by Crippen LogP contribution is 2.27. The third-order valence-electron chi connectivity index (χ3n) is 3.67. The van der Waals surface area contributed by atoms with Gasteiger partial charge in [-0.25, -0.2) is 4.98 Å². The molecule has 2 heterocycles. The summed E-state index contributed by atoms with van der Waals surface area (Å²) in [4.78, 5) is 18.6. The summed E-state index contributed by atoms with van der Waals surface area (Å²) in [6, 6.07) is 7.77. The number of carbonyl (C=O) groups is 1. The molecule has 3 rings (SSSR count). The van der Waals surface area contributed by atoms with Gasteiger partial charge in [0.2, 0.25) is 5.82 Å². The molecule has 3 N–H and O–H groups in total. The van der Waals surface area contributed by atoms with Gasteiger partial charge in [-0.05, 0) is 18.1 Å². The molecule has 0 saturated carbocycles. The third-order valence-corrected chi connectivity index (χ3v) is 3.67. The van der Waals surface area contributed by atoms with Gasteiger partial charge in [0.1, 0.15) is 5.82 Å². The fraction of sp³-hybridized carbons (Fsp3) is 0.400. The number of para-hydroxylation sites is 1. The molecule has 2 aromatic rings. The molecular formula is C15H19N5O. The minimum Gasteiger partial charge on any atom is -0.326 e. The smallest absolute Gasteiger partial charge is 0.297 e. The van der Waals surface area contributed by atoms with Gasteiger partial charge in [-0.3, -0.25) is 9.89 Å². The maximum Gasteiger partial charge on any atom is 0.297 e. The Bertz CT molecular complexity index is 664. The number of fused-ring (bicyclic) bond motifs is 1. The number of hydrogen-bond donors (Lipinski definition) is 2. The summed E-state index contributed by atoms with van der Waals surface area (Å²) in [7, 11) is 0. The Morgan fingerprint density at radius 2 is 2.19 bits per heavy atom. The molecular weight excluding hydrogens is 266 g/mol. The van der Waals surface area contributed by atoms with Crippen LogP contribution in [0.4, 0.5) is 5.69 Å². The molecule has 0 spiro atoms. The number of nitrogens with one attached hydrogen (secondary N) is 1. The number of benzene rings is 1. The van der Waals surface area contributed by atoms with E-state index in [1.165, 1.54) is 0 Å². The lowest BCUT2D eigenvalue weighted by atomic mass is 9.98. The van der Waals surface area contributed by atoms with Crippen LogP contribution in [0.2, 0.25) is 0 Å². The molecule has 0 fully saturated rings. The van der Waals surface area contributed by atoms with E-state index in [4.69, 9.17) is 5.73 Å². The Morgan fingerprint density at radius 1 is 1.43 bits per heavy atom. The summed E-state index contributed by atoms with van der Waals surface area (Å²) in [6.07, 6.45) is 0.783. The Morgan fingerprint density at radius 3 is 2.90 bits per heavy atom. The number of anilines is 1. The number of nitrogens with two attached hydrogens (primary N) is 1. The Hall–Kier alpha value is -2.21. The second-order valence-corrected chi connectivity index (χ2v) is 5.71. The van der Waals surface area contributed by atoms with Crippen LogP contribution in [0.3, 0.4) is 0 Å². The lowest BCUT2D eigenvalue weighted by Gasteiger charge is -2.32. The van der Waals surface area contributed by atoms with Crippen molar-refractivity contribution in [3.8, 4) is 0 Å². The van der Waals surface area contributed by atoms with Crippen LogP contribution in [-0.4, -0.2) is 33.7 Å². The molecule has 1 aliphatic rings. The normalized spacial score (nSPS) is 17.9. The topological polar surface area (TPSA) is 87.9 Å². The predicted molar refractivity (Wildman–Crippen MR) is 80.3 cm³/mol. The molecule has 1 aliphatic heterocycles. The molecule has 0 radical (unpaired) electrons. The van der Waals surface area contributed by atoms with Crippen LogP contribution in [0.1, 0.15) is 41.8 Å². The van der Waals surface area contributed by atoms with Crippen molar-refractivity contribution in [3.63, 3.8) is 0 Å². The average Bonchev–Trinajstić information content (AvgIpc) is 2.95. The van der Waals surface area contributed by atoms with E-state index in [9.17, 15) is 4.79 Å². The first kappa shape index (κ1) is 13.8. The highest BCUT2D eigenvalue weighted by Gasteiger charge is 2.29. The molecule has 21 heavy (non-hydrogen) atoms. The number of hydrogen-bond acceptors (Lipinski definition) is 4. The Balaban J connectivity index is 1.94. The van der Waals surface area contributed by atoms with Crippen LogP contribution in [0.5, 0.6) is 0 Å². The van der Waals surface area contributed by atoms with Gasteiger partial charge >= 0.3 is 0 Å². The molecule has 110 valence electrons. The summed E-state index contributed by atoms with van der Waals surface area (Å²) in [5, 5.41) is 6.86. The lowest BCUT2D eigenvalue weighted by Crippen LogP contribution is -2.46. The van der Waals surface area contributed by atoms with Crippen molar-refractivity contribution in [2.75, 3.05) is 11.4 Å². The molecule has 1 aromatic carbocycles. The van der Waals surface area contributed by atoms with Gasteiger partial charge in [-0.1, -0.05) is 32.0 Å². The lowest BCUT2D eigenvalue weighted by molar-refractivity contribution is 0.0973. The number of H-pyrrole nitrogens is 1. The standard InChI is InChI=1S/C15H19N5O/c1-9(2)13-17-14(19-18-13)15(21)20-8-11(16)7-10-5-3-4-6-12(10)20/h3-6,9,11H,7-8,16H2,1-2H3,(H,17,18,19). The Kier molecular flexibility index (Phi) is 3.47. The molecule has 6 heteroatoms. The largest absolute Gasteiger partial charge is 0.326 e. The fourth-order valence-corrected chi connectivity index (χ4v) is 2.57. The number of carbonyl (C=O) groups excluding carboxylic acids is 1. The SMILES string of the molecule is CC(C)c1nc(C(=O)N2CC(N)Cc3ccccc32)n[nH]1. The molecule has 1 unspecified atom stereocenters. The monoisotopic (exact) mass is 285 g/mol. The molecule has 1 aromatic heterocycles. The van der Waals surface area contributed by atoms with Crippen molar-refractivity contribution in [1.82, 2.24) is 15.2 Å². The molecule has 0 saturated heterocycles. The van der Waals surface area contributed by atoms with Crippen LogP contribution >= 0.6 is 0 Å². The summed E-state index contributed by atoms with van der Waals surface area (Å²) in [5.41, 5.74) is 8.06. The molecule has 0 bridgehead atoms. The maximum atomic E-state index is 12.7. The summed E-state index contributed by atoms with van der Waals surface area (Å²) >= 11 is 0. The van der Waals surface area contributed by atoms with Gasteiger partial charge < -0.3 is 10.6 Å². The summed E-state index contributed by atoms with van der Waals surface area (Å²) < 4.78 is 0. The van der Waals surface area contributed by atoms with Gasteiger partial charge in [-0.15, -0.1) is 5.10 Å². The van der Waals surface area contributed by atoms with E-state index >= 15 is 0 Å². The van der Waals surface area contributed by atoms with Crippen molar-refractivity contribution in [2.24, 2.45) is 5.73 Å². The van der Waals surface area contributed by atoms with E-state index in [1.54, 1.807) is 4.90 Å². The van der Waals surface area contributed by atoms with Crippen LogP contribution in [0.25, 0.3) is 0 Å².